The highest BCUT2D eigenvalue weighted by Gasteiger charge is 2.31. The van der Waals surface area contributed by atoms with Gasteiger partial charge in [-0.3, -0.25) is 0 Å². The lowest BCUT2D eigenvalue weighted by molar-refractivity contribution is -0.139. The Morgan fingerprint density at radius 2 is 2.18 bits per heavy atom. The van der Waals surface area contributed by atoms with Gasteiger partial charge in [0, 0.05) is 23.6 Å². The minimum Gasteiger partial charge on any atom is -0.480 e. The average molecular weight is 260 g/mol. The molecule has 0 aromatic carbocycles. The van der Waals surface area contributed by atoms with Crippen molar-refractivity contribution < 1.29 is 14.7 Å². The molecule has 0 saturated carbocycles. The van der Waals surface area contributed by atoms with Gasteiger partial charge >= 0.3 is 12.0 Å². The van der Waals surface area contributed by atoms with Crippen molar-refractivity contribution in [2.75, 3.05) is 18.8 Å². The molecule has 0 aromatic rings. The van der Waals surface area contributed by atoms with Gasteiger partial charge in [-0.05, 0) is 20.3 Å². The Morgan fingerprint density at radius 1 is 1.53 bits per heavy atom. The van der Waals surface area contributed by atoms with E-state index in [4.69, 9.17) is 5.11 Å². The molecule has 6 heteroatoms. The van der Waals surface area contributed by atoms with E-state index in [-0.39, 0.29) is 10.8 Å². The average Bonchev–Trinajstić information content (AvgIpc) is 2.23. The molecule has 2 N–H and O–H groups in total. The SMILES string of the molecule is CC[C@@H](NC(=O)N1CCSC(C)(C)C1)C(=O)O. The van der Waals surface area contributed by atoms with E-state index in [1.165, 1.54) is 0 Å². The summed E-state index contributed by atoms with van der Waals surface area (Å²) in [5.41, 5.74) is 0. The zero-order chi connectivity index (χ0) is 13.1. The molecular formula is C11H20N2O3S. The first-order valence-electron chi connectivity index (χ1n) is 5.78. The maximum atomic E-state index is 11.9. The zero-order valence-corrected chi connectivity index (χ0v) is 11.3. The minimum atomic E-state index is -0.980. The summed E-state index contributed by atoms with van der Waals surface area (Å²) in [6, 6.07) is -1.06. The van der Waals surface area contributed by atoms with Crippen molar-refractivity contribution in [1.29, 1.82) is 0 Å². The number of carboxylic acid groups (broad SMARTS) is 1. The standard InChI is InChI=1S/C11H20N2O3S/c1-4-8(9(14)15)12-10(16)13-5-6-17-11(2,3)7-13/h8H,4-7H2,1-3H3,(H,12,16)(H,14,15)/t8-/m1/s1. The van der Waals surface area contributed by atoms with Crippen LogP contribution in [0.5, 0.6) is 0 Å². The van der Waals surface area contributed by atoms with Crippen molar-refractivity contribution in [1.82, 2.24) is 10.2 Å². The highest BCUT2D eigenvalue weighted by molar-refractivity contribution is 8.00. The molecule has 0 bridgehead atoms. The Labute approximate surface area is 106 Å². The molecule has 98 valence electrons. The first-order chi connectivity index (χ1) is 7.85. The van der Waals surface area contributed by atoms with Crippen molar-refractivity contribution in [2.45, 2.75) is 38.0 Å². The lowest BCUT2D eigenvalue weighted by Gasteiger charge is -2.37. The number of amides is 2. The number of aliphatic carboxylic acids is 1. The fourth-order valence-electron chi connectivity index (χ4n) is 1.77. The van der Waals surface area contributed by atoms with Crippen molar-refractivity contribution in [3.05, 3.63) is 0 Å². The van der Waals surface area contributed by atoms with E-state index in [1.807, 2.05) is 11.8 Å². The third kappa shape index (κ3) is 4.11. The molecule has 1 rings (SSSR count). The predicted octanol–water partition coefficient (Wildman–Crippen LogP) is 1.39. The third-order valence-electron chi connectivity index (χ3n) is 2.72. The summed E-state index contributed by atoms with van der Waals surface area (Å²) in [6.45, 7) is 7.25. The van der Waals surface area contributed by atoms with Crippen LogP contribution in [0.3, 0.4) is 0 Å². The summed E-state index contributed by atoms with van der Waals surface area (Å²) >= 11 is 1.83. The summed E-state index contributed by atoms with van der Waals surface area (Å²) in [4.78, 5) is 24.4. The second kappa shape index (κ2) is 5.62. The lowest BCUT2D eigenvalue weighted by Crippen LogP contribution is -2.53. The van der Waals surface area contributed by atoms with Crippen LogP contribution in [0.1, 0.15) is 27.2 Å². The second-order valence-electron chi connectivity index (χ2n) is 4.78. The number of nitrogens with zero attached hydrogens (tertiary/aromatic N) is 1. The molecule has 17 heavy (non-hydrogen) atoms. The Morgan fingerprint density at radius 3 is 2.65 bits per heavy atom. The van der Waals surface area contributed by atoms with Gasteiger partial charge in [-0.1, -0.05) is 6.92 Å². The number of thioether (sulfide) groups is 1. The molecule has 1 heterocycles. The van der Waals surface area contributed by atoms with Crippen LogP contribution in [-0.4, -0.2) is 51.6 Å². The smallest absolute Gasteiger partial charge is 0.326 e. The van der Waals surface area contributed by atoms with E-state index in [9.17, 15) is 9.59 Å². The van der Waals surface area contributed by atoms with Crippen LogP contribution in [0, 0.1) is 0 Å². The number of carbonyl (C=O) groups excluding carboxylic acids is 1. The molecule has 1 aliphatic rings. The summed E-state index contributed by atoms with van der Waals surface area (Å²) < 4.78 is 0.0422. The maximum absolute atomic E-state index is 11.9. The van der Waals surface area contributed by atoms with Gasteiger partial charge in [0.1, 0.15) is 6.04 Å². The first kappa shape index (κ1) is 14.2. The molecular weight excluding hydrogens is 240 g/mol. The van der Waals surface area contributed by atoms with Gasteiger partial charge in [0.2, 0.25) is 0 Å². The normalized spacial score (nSPS) is 20.8. The molecule has 0 radical (unpaired) electrons. The van der Waals surface area contributed by atoms with Gasteiger partial charge in [-0.25, -0.2) is 9.59 Å². The highest BCUT2D eigenvalue weighted by Crippen LogP contribution is 2.29. The topological polar surface area (TPSA) is 69.6 Å². The summed E-state index contributed by atoms with van der Waals surface area (Å²) in [5, 5.41) is 11.4. The summed E-state index contributed by atoms with van der Waals surface area (Å²) in [6.07, 6.45) is 0.396. The van der Waals surface area contributed by atoms with Crippen LogP contribution >= 0.6 is 11.8 Å². The van der Waals surface area contributed by atoms with E-state index in [0.717, 1.165) is 5.75 Å². The van der Waals surface area contributed by atoms with Crippen LogP contribution in [0.2, 0.25) is 0 Å². The van der Waals surface area contributed by atoms with Gasteiger partial charge < -0.3 is 15.3 Å². The molecule has 1 aliphatic heterocycles. The highest BCUT2D eigenvalue weighted by atomic mass is 32.2. The minimum absolute atomic E-state index is 0.0422. The van der Waals surface area contributed by atoms with E-state index in [1.54, 1.807) is 11.8 Å². The van der Waals surface area contributed by atoms with E-state index in [0.29, 0.717) is 19.5 Å². The molecule has 0 spiro atoms. The fraction of sp³-hybridized carbons (Fsp3) is 0.818. The lowest BCUT2D eigenvalue weighted by atomic mass is 10.2. The monoisotopic (exact) mass is 260 g/mol. The molecule has 0 unspecified atom stereocenters. The Hall–Kier alpha value is -0.910. The molecule has 5 nitrogen and oxygen atoms in total. The van der Waals surface area contributed by atoms with Crippen molar-refractivity contribution in [3.63, 3.8) is 0 Å². The molecule has 0 aromatic heterocycles. The van der Waals surface area contributed by atoms with Crippen LogP contribution in [0.15, 0.2) is 0 Å². The van der Waals surface area contributed by atoms with Crippen molar-refractivity contribution in [2.24, 2.45) is 0 Å². The number of carboxylic acids is 1. The first-order valence-corrected chi connectivity index (χ1v) is 6.76. The number of hydrogen-bond acceptors (Lipinski definition) is 3. The molecule has 0 aliphatic carbocycles. The largest absolute Gasteiger partial charge is 0.480 e. The molecule has 1 saturated heterocycles. The van der Waals surface area contributed by atoms with Crippen LogP contribution in [0.4, 0.5) is 4.79 Å². The quantitative estimate of drug-likeness (QED) is 0.804. The van der Waals surface area contributed by atoms with E-state index in [2.05, 4.69) is 19.2 Å². The van der Waals surface area contributed by atoms with E-state index >= 15 is 0 Å². The van der Waals surface area contributed by atoms with Crippen LogP contribution < -0.4 is 5.32 Å². The van der Waals surface area contributed by atoms with Gasteiger partial charge in [0.05, 0.1) is 0 Å². The third-order valence-corrected chi connectivity index (χ3v) is 4.01. The van der Waals surface area contributed by atoms with Crippen molar-refractivity contribution in [3.8, 4) is 0 Å². The summed E-state index contributed by atoms with van der Waals surface area (Å²) in [5.74, 6) is -0.0870. The zero-order valence-electron chi connectivity index (χ0n) is 10.5. The van der Waals surface area contributed by atoms with Crippen LogP contribution in [0.25, 0.3) is 0 Å². The number of nitrogens with one attached hydrogen (secondary N) is 1. The van der Waals surface area contributed by atoms with Crippen molar-refractivity contribution >= 4 is 23.8 Å². The Kier molecular flexibility index (Phi) is 4.68. The number of urea groups is 1. The number of hydrogen-bond donors (Lipinski definition) is 2. The second-order valence-corrected chi connectivity index (χ2v) is 6.58. The van der Waals surface area contributed by atoms with Gasteiger partial charge in [-0.15, -0.1) is 0 Å². The van der Waals surface area contributed by atoms with Gasteiger partial charge in [0.15, 0.2) is 0 Å². The Balaban J connectivity index is 2.55. The fourth-order valence-corrected chi connectivity index (χ4v) is 2.88. The van der Waals surface area contributed by atoms with Crippen LogP contribution in [-0.2, 0) is 4.79 Å². The summed E-state index contributed by atoms with van der Waals surface area (Å²) in [7, 11) is 0. The number of rotatable bonds is 3. The number of carbonyl (C=O) groups is 2. The maximum Gasteiger partial charge on any atom is 0.326 e. The molecule has 1 atom stereocenters. The van der Waals surface area contributed by atoms with Gasteiger partial charge in [-0.2, -0.15) is 11.8 Å². The van der Waals surface area contributed by atoms with Gasteiger partial charge in [0.25, 0.3) is 0 Å². The Bertz CT molecular complexity index is 307. The van der Waals surface area contributed by atoms with E-state index < -0.39 is 12.0 Å². The molecule has 1 fully saturated rings. The predicted molar refractivity (Wildman–Crippen MR) is 68.4 cm³/mol. The molecule has 2 amide bonds.